The summed E-state index contributed by atoms with van der Waals surface area (Å²) in [6.07, 6.45) is 1.66. The summed E-state index contributed by atoms with van der Waals surface area (Å²) in [4.78, 5) is 0. The summed E-state index contributed by atoms with van der Waals surface area (Å²) in [5.41, 5.74) is 0.0407. The van der Waals surface area contributed by atoms with Gasteiger partial charge in [-0.05, 0) is 54.4 Å². The Morgan fingerprint density at radius 1 is 1.32 bits per heavy atom. The molecule has 0 aliphatic heterocycles. The lowest BCUT2D eigenvalue weighted by Gasteiger charge is -2.27. The van der Waals surface area contributed by atoms with Crippen LogP contribution >= 0.6 is 15.9 Å². The molecule has 1 atom stereocenters. The Labute approximate surface area is 120 Å². The van der Waals surface area contributed by atoms with Crippen LogP contribution in [0.25, 0.3) is 0 Å². The lowest BCUT2D eigenvalue weighted by atomic mass is 9.92. The smallest absolute Gasteiger partial charge is 0.129 e. The average molecular weight is 327 g/mol. The van der Waals surface area contributed by atoms with Crippen LogP contribution in [0.4, 0.5) is 4.39 Å². The van der Waals surface area contributed by atoms with Crippen molar-refractivity contribution in [3.05, 3.63) is 52.0 Å². The van der Waals surface area contributed by atoms with E-state index >= 15 is 0 Å². The van der Waals surface area contributed by atoms with Crippen molar-refractivity contribution >= 4 is 15.9 Å². The highest BCUT2D eigenvalue weighted by atomic mass is 79.9. The number of hydrogen-bond acceptors (Lipinski definition) is 2. The lowest BCUT2D eigenvalue weighted by Crippen LogP contribution is -2.28. The van der Waals surface area contributed by atoms with E-state index in [-0.39, 0.29) is 11.9 Å². The molecule has 3 nitrogen and oxygen atoms in total. The van der Waals surface area contributed by atoms with Crippen LogP contribution in [-0.2, 0) is 5.60 Å². The fourth-order valence-corrected chi connectivity index (χ4v) is 2.76. The van der Waals surface area contributed by atoms with Crippen molar-refractivity contribution in [3.63, 3.8) is 0 Å². The third-order valence-electron chi connectivity index (χ3n) is 3.11. The number of aliphatic hydroxyl groups is 1. The Kier molecular flexibility index (Phi) is 3.78. The second kappa shape index (κ2) is 5.06. The second-order valence-corrected chi connectivity index (χ2v) is 5.81. The number of rotatable bonds is 3. The van der Waals surface area contributed by atoms with E-state index in [0.29, 0.717) is 11.3 Å². The number of hydrogen-bond donors (Lipinski definition) is 1. The van der Waals surface area contributed by atoms with Gasteiger partial charge in [-0.15, -0.1) is 0 Å². The first kappa shape index (κ1) is 14.2. The van der Waals surface area contributed by atoms with E-state index in [0.717, 1.165) is 4.47 Å². The quantitative estimate of drug-likeness (QED) is 0.935. The van der Waals surface area contributed by atoms with Crippen LogP contribution in [-0.4, -0.2) is 14.9 Å². The van der Waals surface area contributed by atoms with Crippen LogP contribution in [0.2, 0.25) is 0 Å². The monoisotopic (exact) mass is 326 g/mol. The molecule has 1 aromatic heterocycles. The second-order valence-electron chi connectivity index (χ2n) is 4.96. The summed E-state index contributed by atoms with van der Waals surface area (Å²) in [6, 6.07) is 5.97. The zero-order valence-electron chi connectivity index (χ0n) is 11.1. The zero-order valence-corrected chi connectivity index (χ0v) is 12.6. The zero-order chi connectivity index (χ0) is 14.2. The molecule has 1 N–H and O–H groups in total. The standard InChI is InChI=1S/C14H16BrFN2O/c1-9(2)18-13(12(15)8-17-18)14(3,19)10-4-6-11(16)7-5-10/h4-9,19H,1-3H3. The Morgan fingerprint density at radius 2 is 1.89 bits per heavy atom. The Hall–Kier alpha value is -1.20. The third kappa shape index (κ3) is 2.58. The van der Waals surface area contributed by atoms with E-state index < -0.39 is 5.60 Å². The molecule has 0 aliphatic carbocycles. The molecule has 0 bridgehead atoms. The predicted octanol–water partition coefficient (Wildman–Crippen LogP) is 3.62. The maximum absolute atomic E-state index is 13.0. The van der Waals surface area contributed by atoms with Crippen molar-refractivity contribution in [2.24, 2.45) is 0 Å². The minimum Gasteiger partial charge on any atom is -0.379 e. The molecule has 0 spiro atoms. The van der Waals surface area contributed by atoms with Crippen molar-refractivity contribution in [2.45, 2.75) is 32.4 Å². The highest BCUT2D eigenvalue weighted by molar-refractivity contribution is 9.10. The Bertz CT molecular complexity index is 576. The first-order valence-corrected chi connectivity index (χ1v) is 6.85. The Balaban J connectivity index is 2.55. The van der Waals surface area contributed by atoms with E-state index in [1.807, 2.05) is 13.8 Å². The molecule has 1 unspecified atom stereocenters. The molecule has 102 valence electrons. The molecule has 0 saturated heterocycles. The maximum Gasteiger partial charge on any atom is 0.129 e. The van der Waals surface area contributed by atoms with E-state index in [1.165, 1.54) is 12.1 Å². The minimum absolute atomic E-state index is 0.119. The highest BCUT2D eigenvalue weighted by Gasteiger charge is 2.32. The van der Waals surface area contributed by atoms with Gasteiger partial charge in [-0.25, -0.2) is 4.39 Å². The van der Waals surface area contributed by atoms with Gasteiger partial charge in [0.15, 0.2) is 0 Å². The van der Waals surface area contributed by atoms with Crippen molar-refractivity contribution in [1.29, 1.82) is 0 Å². The topological polar surface area (TPSA) is 38.0 Å². The largest absolute Gasteiger partial charge is 0.379 e. The molecule has 2 rings (SSSR count). The lowest BCUT2D eigenvalue weighted by molar-refractivity contribution is 0.0891. The molecule has 5 heteroatoms. The summed E-state index contributed by atoms with van der Waals surface area (Å²) < 4.78 is 15.5. The van der Waals surface area contributed by atoms with Crippen molar-refractivity contribution in [2.75, 3.05) is 0 Å². The number of aromatic nitrogens is 2. The van der Waals surface area contributed by atoms with Gasteiger partial charge in [0.25, 0.3) is 0 Å². The van der Waals surface area contributed by atoms with Gasteiger partial charge in [-0.1, -0.05) is 12.1 Å². The average Bonchev–Trinajstić information content (AvgIpc) is 2.72. The molecule has 0 amide bonds. The number of benzene rings is 1. The molecule has 0 saturated carbocycles. The SMILES string of the molecule is CC(C)n1ncc(Br)c1C(C)(O)c1ccc(F)cc1. The van der Waals surface area contributed by atoms with E-state index in [9.17, 15) is 9.50 Å². The van der Waals surface area contributed by atoms with Gasteiger partial charge in [0.1, 0.15) is 11.4 Å². The van der Waals surface area contributed by atoms with E-state index in [4.69, 9.17) is 0 Å². The minimum atomic E-state index is -1.24. The van der Waals surface area contributed by atoms with Crippen LogP contribution in [0.3, 0.4) is 0 Å². The van der Waals surface area contributed by atoms with Crippen LogP contribution < -0.4 is 0 Å². The molecule has 19 heavy (non-hydrogen) atoms. The summed E-state index contributed by atoms with van der Waals surface area (Å²) in [5, 5.41) is 15.1. The summed E-state index contributed by atoms with van der Waals surface area (Å²) in [5.74, 6) is -0.323. The molecule has 0 fully saturated rings. The molecule has 1 aromatic carbocycles. The summed E-state index contributed by atoms with van der Waals surface area (Å²) >= 11 is 3.42. The van der Waals surface area contributed by atoms with Gasteiger partial charge in [0, 0.05) is 6.04 Å². The molecule has 1 heterocycles. The highest BCUT2D eigenvalue weighted by Crippen LogP contribution is 2.35. The maximum atomic E-state index is 13.0. The molecular weight excluding hydrogens is 311 g/mol. The van der Waals surface area contributed by atoms with Crippen molar-refractivity contribution < 1.29 is 9.50 Å². The van der Waals surface area contributed by atoms with Gasteiger partial charge in [-0.3, -0.25) is 4.68 Å². The Morgan fingerprint density at radius 3 is 2.42 bits per heavy atom. The number of nitrogens with zero attached hydrogens (tertiary/aromatic N) is 2. The third-order valence-corrected chi connectivity index (χ3v) is 3.69. The van der Waals surface area contributed by atoms with Gasteiger partial charge < -0.3 is 5.11 Å². The summed E-state index contributed by atoms with van der Waals surface area (Å²) in [7, 11) is 0. The van der Waals surface area contributed by atoms with Crippen LogP contribution in [0.1, 0.15) is 38.1 Å². The first-order valence-electron chi connectivity index (χ1n) is 6.06. The molecule has 0 aliphatic rings. The fourth-order valence-electron chi connectivity index (χ4n) is 2.10. The van der Waals surface area contributed by atoms with Crippen LogP contribution in [0.15, 0.2) is 34.9 Å². The van der Waals surface area contributed by atoms with Gasteiger partial charge in [0.2, 0.25) is 0 Å². The van der Waals surface area contributed by atoms with Crippen molar-refractivity contribution in [3.8, 4) is 0 Å². The number of halogens is 2. The van der Waals surface area contributed by atoms with E-state index in [2.05, 4.69) is 21.0 Å². The molecular formula is C14H16BrFN2O. The normalized spacial score (nSPS) is 14.7. The first-order chi connectivity index (χ1) is 8.84. The van der Waals surface area contributed by atoms with E-state index in [1.54, 1.807) is 29.9 Å². The van der Waals surface area contributed by atoms with Gasteiger partial charge in [0.05, 0.1) is 16.4 Å². The van der Waals surface area contributed by atoms with Gasteiger partial charge in [-0.2, -0.15) is 5.10 Å². The van der Waals surface area contributed by atoms with Gasteiger partial charge >= 0.3 is 0 Å². The summed E-state index contributed by atoms with van der Waals surface area (Å²) in [6.45, 7) is 5.66. The predicted molar refractivity (Wildman–Crippen MR) is 75.4 cm³/mol. The van der Waals surface area contributed by atoms with Crippen molar-refractivity contribution in [1.82, 2.24) is 9.78 Å². The molecule has 2 aromatic rings. The fraction of sp³-hybridized carbons (Fsp3) is 0.357. The molecule has 0 radical (unpaired) electrons. The van der Waals surface area contributed by atoms with Crippen LogP contribution in [0.5, 0.6) is 0 Å². The van der Waals surface area contributed by atoms with Crippen LogP contribution in [0, 0.1) is 5.82 Å².